The van der Waals surface area contributed by atoms with Crippen LogP contribution in [0.25, 0.3) is 0 Å². The van der Waals surface area contributed by atoms with Crippen molar-refractivity contribution in [1.29, 1.82) is 0 Å². The molecule has 0 aliphatic heterocycles. The molecule has 3 aromatic rings. The van der Waals surface area contributed by atoms with Crippen molar-refractivity contribution in [2.75, 3.05) is 0 Å². The highest BCUT2D eigenvalue weighted by Crippen LogP contribution is 2.27. The highest BCUT2D eigenvalue weighted by molar-refractivity contribution is 7.98. The van der Waals surface area contributed by atoms with Crippen molar-refractivity contribution < 1.29 is 13.5 Å². The summed E-state index contributed by atoms with van der Waals surface area (Å²) in [5, 5.41) is 0.424. The smallest absolute Gasteiger partial charge is 0.223 e. The standard InChI is InChI=1S/C19H16F2N2OS/c1-2-13-11-18(24-14-7-4-3-5-8-14)23-19(22-13)25-12-15-16(20)9-6-10-17(15)21/h3-11H,2,12H2,1H3. The van der Waals surface area contributed by atoms with Gasteiger partial charge in [-0.1, -0.05) is 43.0 Å². The maximum Gasteiger partial charge on any atom is 0.223 e. The maximum atomic E-state index is 13.7. The second-order valence-corrected chi connectivity index (χ2v) is 6.18. The lowest BCUT2D eigenvalue weighted by Crippen LogP contribution is -1.98. The number of rotatable bonds is 6. The number of aromatic nitrogens is 2. The molecule has 0 aliphatic rings. The van der Waals surface area contributed by atoms with Crippen molar-refractivity contribution in [2.24, 2.45) is 0 Å². The number of nitrogens with zero attached hydrogens (tertiary/aromatic N) is 2. The fourth-order valence-electron chi connectivity index (χ4n) is 2.16. The summed E-state index contributed by atoms with van der Waals surface area (Å²) in [6, 6.07) is 14.9. The molecule has 25 heavy (non-hydrogen) atoms. The van der Waals surface area contributed by atoms with E-state index >= 15 is 0 Å². The van der Waals surface area contributed by atoms with Gasteiger partial charge in [0.15, 0.2) is 5.16 Å². The molecule has 0 aliphatic carbocycles. The molecule has 128 valence electrons. The minimum absolute atomic E-state index is 0.0172. The van der Waals surface area contributed by atoms with Crippen LogP contribution in [0.4, 0.5) is 8.78 Å². The Kier molecular flexibility index (Phi) is 5.60. The summed E-state index contributed by atoms with van der Waals surface area (Å²) in [4.78, 5) is 8.73. The molecule has 0 spiro atoms. The molecule has 3 rings (SSSR count). The van der Waals surface area contributed by atoms with E-state index in [9.17, 15) is 8.78 Å². The molecule has 3 nitrogen and oxygen atoms in total. The third kappa shape index (κ3) is 4.54. The molecule has 0 saturated heterocycles. The first-order valence-corrected chi connectivity index (χ1v) is 8.81. The van der Waals surface area contributed by atoms with Gasteiger partial charge in [0.1, 0.15) is 17.4 Å². The molecule has 0 fully saturated rings. The van der Waals surface area contributed by atoms with Crippen molar-refractivity contribution in [1.82, 2.24) is 9.97 Å². The molecule has 1 heterocycles. The molecule has 0 N–H and O–H groups in total. The van der Waals surface area contributed by atoms with Gasteiger partial charge < -0.3 is 4.74 Å². The third-order valence-electron chi connectivity index (χ3n) is 3.47. The summed E-state index contributed by atoms with van der Waals surface area (Å²) in [7, 11) is 0. The summed E-state index contributed by atoms with van der Waals surface area (Å²) < 4.78 is 33.2. The Morgan fingerprint density at radius 3 is 2.36 bits per heavy atom. The van der Waals surface area contributed by atoms with Crippen molar-refractivity contribution in [3.8, 4) is 11.6 Å². The molecular formula is C19H16F2N2OS. The van der Waals surface area contributed by atoms with E-state index in [1.807, 2.05) is 37.3 Å². The Hall–Kier alpha value is -2.47. The number of thioether (sulfide) groups is 1. The van der Waals surface area contributed by atoms with Gasteiger partial charge in [-0.25, -0.2) is 13.8 Å². The Morgan fingerprint density at radius 2 is 1.68 bits per heavy atom. The van der Waals surface area contributed by atoms with Crippen molar-refractivity contribution >= 4 is 11.8 Å². The van der Waals surface area contributed by atoms with Gasteiger partial charge >= 0.3 is 0 Å². The number of ether oxygens (including phenoxy) is 1. The molecular weight excluding hydrogens is 342 g/mol. The number of halogens is 2. The van der Waals surface area contributed by atoms with Crippen molar-refractivity contribution in [3.63, 3.8) is 0 Å². The zero-order valence-corrected chi connectivity index (χ0v) is 14.4. The highest BCUT2D eigenvalue weighted by Gasteiger charge is 2.12. The van der Waals surface area contributed by atoms with Gasteiger partial charge in [0.25, 0.3) is 0 Å². The van der Waals surface area contributed by atoms with Crippen LogP contribution in [0.5, 0.6) is 11.6 Å². The van der Waals surface area contributed by atoms with Crippen molar-refractivity contribution in [3.05, 3.63) is 77.5 Å². The summed E-state index contributed by atoms with van der Waals surface area (Å²) >= 11 is 1.17. The summed E-state index contributed by atoms with van der Waals surface area (Å²) in [5.74, 6) is 0.0462. The average molecular weight is 358 g/mol. The van der Waals surface area contributed by atoms with Gasteiger partial charge in [-0.15, -0.1) is 0 Å². The third-order valence-corrected chi connectivity index (χ3v) is 4.34. The monoisotopic (exact) mass is 358 g/mol. The lowest BCUT2D eigenvalue weighted by Gasteiger charge is -2.09. The Balaban J connectivity index is 1.80. The molecule has 2 aromatic carbocycles. The molecule has 0 amide bonds. The zero-order valence-electron chi connectivity index (χ0n) is 13.6. The van der Waals surface area contributed by atoms with Crippen LogP contribution in [0, 0.1) is 11.6 Å². The summed E-state index contributed by atoms with van der Waals surface area (Å²) in [5.41, 5.74) is 0.820. The van der Waals surface area contributed by atoms with Crippen LogP contribution < -0.4 is 4.74 Å². The molecule has 0 radical (unpaired) electrons. The van der Waals surface area contributed by atoms with Crippen LogP contribution in [0.1, 0.15) is 18.2 Å². The van der Waals surface area contributed by atoms with Crippen LogP contribution in [0.2, 0.25) is 0 Å². The fourth-order valence-corrected chi connectivity index (χ4v) is 3.05. The molecule has 0 saturated carbocycles. The van der Waals surface area contributed by atoms with E-state index in [2.05, 4.69) is 9.97 Å². The Morgan fingerprint density at radius 1 is 0.960 bits per heavy atom. The van der Waals surface area contributed by atoms with Gasteiger partial charge in [-0.2, -0.15) is 4.98 Å². The second-order valence-electron chi connectivity index (χ2n) is 5.24. The molecule has 0 atom stereocenters. The summed E-state index contributed by atoms with van der Waals surface area (Å²) in [6.07, 6.45) is 0.704. The van der Waals surface area contributed by atoms with E-state index in [1.54, 1.807) is 6.07 Å². The predicted octanol–water partition coefficient (Wildman–Crippen LogP) is 5.40. The lowest BCUT2D eigenvalue weighted by molar-refractivity contribution is 0.454. The first-order chi connectivity index (χ1) is 12.2. The van der Waals surface area contributed by atoms with Gasteiger partial charge in [0, 0.05) is 23.1 Å². The Bertz CT molecular complexity index is 839. The van der Waals surface area contributed by atoms with Gasteiger partial charge in [0.2, 0.25) is 5.88 Å². The SMILES string of the molecule is CCc1cc(Oc2ccccc2)nc(SCc2c(F)cccc2F)n1. The Labute approximate surface area is 149 Å². The highest BCUT2D eigenvalue weighted by atomic mass is 32.2. The van der Waals surface area contributed by atoms with E-state index in [1.165, 1.54) is 30.0 Å². The lowest BCUT2D eigenvalue weighted by atomic mass is 10.2. The van der Waals surface area contributed by atoms with Crippen LogP contribution in [0.3, 0.4) is 0 Å². The number of para-hydroxylation sites is 1. The minimum atomic E-state index is -0.570. The molecule has 0 unspecified atom stereocenters. The minimum Gasteiger partial charge on any atom is -0.439 e. The van der Waals surface area contributed by atoms with Crippen LogP contribution >= 0.6 is 11.8 Å². The zero-order chi connectivity index (χ0) is 17.6. The quantitative estimate of drug-likeness (QED) is 0.436. The second kappa shape index (κ2) is 8.07. The number of hydrogen-bond donors (Lipinski definition) is 0. The van der Waals surface area contributed by atoms with Crippen molar-refractivity contribution in [2.45, 2.75) is 24.3 Å². The normalized spacial score (nSPS) is 10.7. The van der Waals surface area contributed by atoms with E-state index < -0.39 is 11.6 Å². The van der Waals surface area contributed by atoms with E-state index in [0.29, 0.717) is 23.2 Å². The molecule has 6 heteroatoms. The topological polar surface area (TPSA) is 35.0 Å². The first-order valence-electron chi connectivity index (χ1n) is 7.82. The van der Waals surface area contributed by atoms with Crippen LogP contribution in [-0.2, 0) is 12.2 Å². The van der Waals surface area contributed by atoms with Gasteiger partial charge in [-0.3, -0.25) is 0 Å². The first kappa shape index (κ1) is 17.4. The van der Waals surface area contributed by atoms with E-state index in [-0.39, 0.29) is 11.3 Å². The van der Waals surface area contributed by atoms with Gasteiger partial charge in [-0.05, 0) is 30.7 Å². The van der Waals surface area contributed by atoms with Crippen LogP contribution in [0.15, 0.2) is 59.8 Å². The molecule has 1 aromatic heterocycles. The largest absolute Gasteiger partial charge is 0.439 e. The van der Waals surface area contributed by atoms with E-state index in [4.69, 9.17) is 4.74 Å². The predicted molar refractivity (Wildman–Crippen MR) is 93.8 cm³/mol. The number of aryl methyl sites for hydroxylation is 1. The number of hydrogen-bond acceptors (Lipinski definition) is 4. The van der Waals surface area contributed by atoms with Gasteiger partial charge in [0.05, 0.1) is 0 Å². The van der Waals surface area contributed by atoms with Crippen LogP contribution in [-0.4, -0.2) is 9.97 Å². The van der Waals surface area contributed by atoms with E-state index in [0.717, 1.165) is 5.69 Å². The summed E-state index contributed by atoms with van der Waals surface area (Å²) in [6.45, 7) is 1.97. The fraction of sp³-hybridized carbons (Fsp3) is 0.158. The average Bonchev–Trinajstić information content (AvgIpc) is 2.62. The molecule has 0 bridgehead atoms. The maximum absolute atomic E-state index is 13.7. The number of benzene rings is 2.